The van der Waals surface area contributed by atoms with Crippen molar-refractivity contribution in [2.45, 2.75) is 0 Å². The first-order valence-electron chi connectivity index (χ1n) is 8.60. The standard InChI is InChI=1S/C23H16N2O/c26-21-15-19-18-13-7-8-14-20(18)24-22(19)23(16-9-3-1-4-10-16)25(21)17-11-5-2-6-12-17/h1-15,24H. The van der Waals surface area contributed by atoms with Crippen LogP contribution in [0.1, 0.15) is 0 Å². The fourth-order valence-corrected chi connectivity index (χ4v) is 3.61. The van der Waals surface area contributed by atoms with Crippen molar-refractivity contribution in [3.05, 3.63) is 101 Å². The number of hydrogen-bond acceptors (Lipinski definition) is 1. The number of aromatic nitrogens is 2. The van der Waals surface area contributed by atoms with Crippen LogP contribution < -0.4 is 5.56 Å². The highest BCUT2D eigenvalue weighted by Gasteiger charge is 2.16. The zero-order valence-electron chi connectivity index (χ0n) is 14.0. The monoisotopic (exact) mass is 336 g/mol. The van der Waals surface area contributed by atoms with E-state index in [0.29, 0.717) is 0 Å². The van der Waals surface area contributed by atoms with Gasteiger partial charge in [0.05, 0.1) is 11.2 Å². The molecule has 0 saturated heterocycles. The summed E-state index contributed by atoms with van der Waals surface area (Å²) in [5.74, 6) is 0. The summed E-state index contributed by atoms with van der Waals surface area (Å²) in [5.41, 5.74) is 4.72. The molecule has 0 atom stereocenters. The Balaban J connectivity index is 2.00. The van der Waals surface area contributed by atoms with E-state index in [1.165, 1.54) is 0 Å². The van der Waals surface area contributed by atoms with Crippen LogP contribution in [-0.2, 0) is 0 Å². The van der Waals surface area contributed by atoms with Gasteiger partial charge in [-0.25, -0.2) is 0 Å². The van der Waals surface area contributed by atoms with Crippen molar-refractivity contribution in [1.29, 1.82) is 0 Å². The third kappa shape index (κ3) is 2.18. The summed E-state index contributed by atoms with van der Waals surface area (Å²) in [4.78, 5) is 16.6. The molecule has 3 aromatic carbocycles. The first kappa shape index (κ1) is 14.7. The molecule has 0 aliphatic rings. The number of fused-ring (bicyclic) bond motifs is 3. The van der Waals surface area contributed by atoms with E-state index in [-0.39, 0.29) is 5.56 Å². The van der Waals surface area contributed by atoms with Gasteiger partial charge in [0.15, 0.2) is 0 Å². The predicted octanol–water partition coefficient (Wildman–Crippen LogP) is 5.14. The number of nitrogens with one attached hydrogen (secondary N) is 1. The van der Waals surface area contributed by atoms with Gasteiger partial charge >= 0.3 is 0 Å². The molecule has 5 rings (SSSR count). The third-order valence-corrected chi connectivity index (χ3v) is 4.76. The zero-order valence-corrected chi connectivity index (χ0v) is 14.0. The van der Waals surface area contributed by atoms with E-state index in [0.717, 1.165) is 38.8 Å². The van der Waals surface area contributed by atoms with Crippen molar-refractivity contribution >= 4 is 21.8 Å². The van der Waals surface area contributed by atoms with Crippen molar-refractivity contribution in [2.24, 2.45) is 0 Å². The molecule has 26 heavy (non-hydrogen) atoms. The molecule has 3 nitrogen and oxygen atoms in total. The predicted molar refractivity (Wildman–Crippen MR) is 107 cm³/mol. The lowest BCUT2D eigenvalue weighted by atomic mass is 10.1. The van der Waals surface area contributed by atoms with Crippen molar-refractivity contribution in [3.63, 3.8) is 0 Å². The molecule has 0 fully saturated rings. The zero-order chi connectivity index (χ0) is 17.5. The summed E-state index contributed by atoms with van der Waals surface area (Å²) in [5, 5.41) is 2.02. The van der Waals surface area contributed by atoms with Gasteiger partial charge in [-0.05, 0) is 18.2 Å². The lowest BCUT2D eigenvalue weighted by Crippen LogP contribution is -2.19. The van der Waals surface area contributed by atoms with E-state index in [1.807, 2.05) is 78.9 Å². The molecule has 0 bridgehead atoms. The highest BCUT2D eigenvalue weighted by molar-refractivity contribution is 6.11. The van der Waals surface area contributed by atoms with Crippen molar-refractivity contribution in [3.8, 4) is 16.9 Å². The van der Waals surface area contributed by atoms with Crippen LogP contribution in [0.25, 0.3) is 38.8 Å². The molecule has 3 heteroatoms. The number of H-pyrrole nitrogens is 1. The fraction of sp³-hybridized carbons (Fsp3) is 0. The Hall–Kier alpha value is -3.59. The van der Waals surface area contributed by atoms with Crippen LogP contribution in [-0.4, -0.2) is 9.55 Å². The van der Waals surface area contributed by atoms with Crippen molar-refractivity contribution in [1.82, 2.24) is 9.55 Å². The van der Waals surface area contributed by atoms with E-state index in [9.17, 15) is 4.79 Å². The summed E-state index contributed by atoms with van der Waals surface area (Å²) in [6, 6.07) is 29.7. The Bertz CT molecular complexity index is 1280. The quantitative estimate of drug-likeness (QED) is 0.476. The van der Waals surface area contributed by atoms with Crippen LogP contribution in [0.15, 0.2) is 95.8 Å². The van der Waals surface area contributed by atoms with Crippen LogP contribution in [0.3, 0.4) is 0 Å². The molecule has 0 aliphatic heterocycles. The minimum atomic E-state index is -0.0349. The van der Waals surface area contributed by atoms with Gasteiger partial charge in [-0.1, -0.05) is 66.7 Å². The minimum Gasteiger partial charge on any atom is -0.353 e. The molecule has 0 aliphatic carbocycles. The Kier molecular flexibility index (Phi) is 3.25. The first-order chi connectivity index (χ1) is 12.8. The topological polar surface area (TPSA) is 37.8 Å². The Morgan fingerprint density at radius 2 is 1.35 bits per heavy atom. The third-order valence-electron chi connectivity index (χ3n) is 4.76. The maximum atomic E-state index is 13.1. The summed E-state index contributed by atoms with van der Waals surface area (Å²) in [6.45, 7) is 0. The number of para-hydroxylation sites is 2. The summed E-state index contributed by atoms with van der Waals surface area (Å²) < 4.78 is 1.78. The average Bonchev–Trinajstić information content (AvgIpc) is 3.06. The van der Waals surface area contributed by atoms with Gasteiger partial charge in [0, 0.05) is 33.6 Å². The second-order valence-corrected chi connectivity index (χ2v) is 6.33. The van der Waals surface area contributed by atoms with Gasteiger partial charge in [-0.15, -0.1) is 0 Å². The maximum absolute atomic E-state index is 13.1. The molecule has 124 valence electrons. The number of rotatable bonds is 2. The van der Waals surface area contributed by atoms with Crippen LogP contribution >= 0.6 is 0 Å². The highest BCUT2D eigenvalue weighted by Crippen LogP contribution is 2.33. The van der Waals surface area contributed by atoms with Gasteiger partial charge in [0.2, 0.25) is 0 Å². The molecule has 0 radical (unpaired) electrons. The second-order valence-electron chi connectivity index (χ2n) is 6.33. The minimum absolute atomic E-state index is 0.0349. The molecule has 1 N–H and O–H groups in total. The summed E-state index contributed by atoms with van der Waals surface area (Å²) in [7, 11) is 0. The Labute approximate surface area is 150 Å². The normalized spacial score (nSPS) is 11.2. The summed E-state index contributed by atoms with van der Waals surface area (Å²) >= 11 is 0. The summed E-state index contributed by atoms with van der Waals surface area (Å²) in [6.07, 6.45) is 0. The van der Waals surface area contributed by atoms with E-state index in [4.69, 9.17) is 0 Å². The van der Waals surface area contributed by atoms with E-state index >= 15 is 0 Å². The molecular formula is C23H16N2O. The van der Waals surface area contributed by atoms with Gasteiger partial charge < -0.3 is 4.98 Å². The molecule has 0 spiro atoms. The van der Waals surface area contributed by atoms with E-state index < -0.39 is 0 Å². The van der Waals surface area contributed by atoms with Crippen LogP contribution in [0.5, 0.6) is 0 Å². The van der Waals surface area contributed by atoms with E-state index in [2.05, 4.69) is 11.1 Å². The van der Waals surface area contributed by atoms with Crippen LogP contribution in [0.2, 0.25) is 0 Å². The number of nitrogens with zero attached hydrogens (tertiary/aromatic N) is 1. The molecule has 2 heterocycles. The molecule has 0 amide bonds. The number of pyridine rings is 1. The molecule has 5 aromatic rings. The van der Waals surface area contributed by atoms with Crippen molar-refractivity contribution in [2.75, 3.05) is 0 Å². The lowest BCUT2D eigenvalue weighted by Gasteiger charge is -2.14. The molecular weight excluding hydrogens is 320 g/mol. The van der Waals surface area contributed by atoms with E-state index in [1.54, 1.807) is 10.6 Å². The maximum Gasteiger partial charge on any atom is 0.256 e. The second kappa shape index (κ2) is 5.74. The number of benzene rings is 3. The first-order valence-corrected chi connectivity index (χ1v) is 8.60. The van der Waals surface area contributed by atoms with Crippen molar-refractivity contribution < 1.29 is 0 Å². The van der Waals surface area contributed by atoms with Crippen LogP contribution in [0, 0.1) is 0 Å². The molecule has 0 unspecified atom stereocenters. The Morgan fingerprint density at radius 3 is 2.12 bits per heavy atom. The molecule has 2 aromatic heterocycles. The molecule has 0 saturated carbocycles. The largest absolute Gasteiger partial charge is 0.353 e. The van der Waals surface area contributed by atoms with Gasteiger partial charge in [-0.3, -0.25) is 9.36 Å². The lowest BCUT2D eigenvalue weighted by molar-refractivity contribution is 1.01. The SMILES string of the molecule is O=c1cc2c([nH]c3ccccc32)c(-c2ccccc2)n1-c1ccccc1. The number of hydrogen-bond donors (Lipinski definition) is 1. The highest BCUT2D eigenvalue weighted by atomic mass is 16.1. The smallest absolute Gasteiger partial charge is 0.256 e. The fourth-order valence-electron chi connectivity index (χ4n) is 3.61. The Morgan fingerprint density at radius 1 is 0.692 bits per heavy atom. The van der Waals surface area contributed by atoms with Gasteiger partial charge in [0.1, 0.15) is 0 Å². The van der Waals surface area contributed by atoms with Crippen LogP contribution in [0.4, 0.5) is 0 Å². The van der Waals surface area contributed by atoms with Gasteiger partial charge in [0.25, 0.3) is 5.56 Å². The number of aromatic amines is 1. The van der Waals surface area contributed by atoms with Gasteiger partial charge in [-0.2, -0.15) is 0 Å². The average molecular weight is 336 g/mol.